The van der Waals surface area contributed by atoms with Gasteiger partial charge in [0.1, 0.15) is 5.69 Å². The lowest BCUT2D eigenvalue weighted by molar-refractivity contribution is -0.131. The van der Waals surface area contributed by atoms with Gasteiger partial charge in [-0.2, -0.15) is 0 Å². The summed E-state index contributed by atoms with van der Waals surface area (Å²) in [6.45, 7) is 0. The van der Waals surface area contributed by atoms with Crippen molar-refractivity contribution in [3.63, 3.8) is 0 Å². The zero-order valence-electron chi connectivity index (χ0n) is 10.2. The van der Waals surface area contributed by atoms with Crippen molar-refractivity contribution < 1.29 is 14.7 Å². The van der Waals surface area contributed by atoms with E-state index in [9.17, 15) is 9.59 Å². The predicted octanol–water partition coefficient (Wildman–Crippen LogP) is 2.08. The van der Waals surface area contributed by atoms with Gasteiger partial charge in [-0.05, 0) is 23.8 Å². The van der Waals surface area contributed by atoms with E-state index in [4.69, 9.17) is 10.8 Å². The number of aliphatic carboxylic acids is 1. The van der Waals surface area contributed by atoms with Gasteiger partial charge in [0.2, 0.25) is 0 Å². The summed E-state index contributed by atoms with van der Waals surface area (Å²) in [5.74, 6) is -1.39. The van der Waals surface area contributed by atoms with E-state index in [0.29, 0.717) is 16.4 Å². The third-order valence-electron chi connectivity index (χ3n) is 2.32. The highest BCUT2D eigenvalue weighted by molar-refractivity contribution is 7.13. The van der Waals surface area contributed by atoms with E-state index in [2.05, 4.69) is 10.3 Å². The minimum Gasteiger partial charge on any atom is -0.478 e. The molecule has 0 saturated heterocycles. The van der Waals surface area contributed by atoms with Crippen molar-refractivity contribution >= 4 is 40.1 Å². The largest absolute Gasteiger partial charge is 0.478 e. The molecule has 0 aliphatic rings. The molecule has 0 radical (unpaired) electrons. The summed E-state index contributed by atoms with van der Waals surface area (Å²) < 4.78 is 0. The van der Waals surface area contributed by atoms with Crippen LogP contribution in [0.1, 0.15) is 16.1 Å². The van der Waals surface area contributed by atoms with Gasteiger partial charge in [0.05, 0.1) is 0 Å². The summed E-state index contributed by atoms with van der Waals surface area (Å²) in [5, 5.41) is 13.1. The topological polar surface area (TPSA) is 105 Å². The van der Waals surface area contributed by atoms with Gasteiger partial charge >= 0.3 is 5.97 Å². The van der Waals surface area contributed by atoms with Crippen LogP contribution in [-0.2, 0) is 4.79 Å². The molecule has 102 valence electrons. The third kappa shape index (κ3) is 3.66. The fourth-order valence-corrected chi connectivity index (χ4v) is 2.02. The number of nitrogen functional groups attached to an aromatic ring is 1. The molecule has 0 bridgehead atoms. The van der Waals surface area contributed by atoms with Crippen LogP contribution in [0.15, 0.2) is 35.7 Å². The standard InChI is InChI=1S/C13H11N3O3S/c14-13-16-10(7-20-13)12(19)15-9-3-1-2-8(6-9)4-5-11(17)18/h1-7H,(H2,14,16)(H,15,19)(H,17,18)/b5-4+. The first-order chi connectivity index (χ1) is 9.54. The molecule has 0 aliphatic heterocycles. The summed E-state index contributed by atoms with van der Waals surface area (Å²) in [7, 11) is 0. The molecule has 1 amide bonds. The summed E-state index contributed by atoms with van der Waals surface area (Å²) in [6, 6.07) is 6.81. The number of carbonyl (C=O) groups is 2. The number of thiazole rings is 1. The second-order valence-corrected chi connectivity index (χ2v) is 4.71. The van der Waals surface area contributed by atoms with Gasteiger partial charge in [0.25, 0.3) is 5.91 Å². The molecule has 4 N–H and O–H groups in total. The highest BCUT2D eigenvalue weighted by atomic mass is 32.1. The van der Waals surface area contributed by atoms with E-state index in [1.165, 1.54) is 17.4 Å². The second-order valence-electron chi connectivity index (χ2n) is 3.82. The molecule has 0 saturated carbocycles. The van der Waals surface area contributed by atoms with Crippen molar-refractivity contribution in [3.05, 3.63) is 47.0 Å². The first-order valence-electron chi connectivity index (χ1n) is 5.58. The molecule has 0 aliphatic carbocycles. The molecule has 0 atom stereocenters. The van der Waals surface area contributed by atoms with Crippen molar-refractivity contribution in [2.24, 2.45) is 0 Å². The Morgan fingerprint density at radius 3 is 2.85 bits per heavy atom. The van der Waals surface area contributed by atoms with Crippen LogP contribution < -0.4 is 11.1 Å². The maximum Gasteiger partial charge on any atom is 0.328 e. The Bertz CT molecular complexity index is 679. The van der Waals surface area contributed by atoms with E-state index in [-0.39, 0.29) is 11.6 Å². The zero-order chi connectivity index (χ0) is 14.5. The number of anilines is 2. The van der Waals surface area contributed by atoms with Gasteiger partial charge in [0.15, 0.2) is 5.13 Å². The van der Waals surface area contributed by atoms with Crippen molar-refractivity contribution in [1.29, 1.82) is 0 Å². The smallest absolute Gasteiger partial charge is 0.328 e. The minimum atomic E-state index is -1.03. The molecule has 1 aromatic heterocycles. The van der Waals surface area contributed by atoms with E-state index >= 15 is 0 Å². The van der Waals surface area contributed by atoms with Gasteiger partial charge in [-0.1, -0.05) is 12.1 Å². The Hall–Kier alpha value is -2.67. The number of rotatable bonds is 4. The van der Waals surface area contributed by atoms with Crippen LogP contribution in [0, 0.1) is 0 Å². The molecule has 0 fully saturated rings. The molecule has 20 heavy (non-hydrogen) atoms. The lowest BCUT2D eigenvalue weighted by Gasteiger charge is -2.04. The first-order valence-corrected chi connectivity index (χ1v) is 6.46. The molecule has 7 heteroatoms. The Morgan fingerprint density at radius 1 is 1.40 bits per heavy atom. The van der Waals surface area contributed by atoms with Crippen molar-refractivity contribution in [2.45, 2.75) is 0 Å². The number of aromatic nitrogens is 1. The zero-order valence-corrected chi connectivity index (χ0v) is 11.1. The normalized spacial score (nSPS) is 10.6. The highest BCUT2D eigenvalue weighted by Crippen LogP contribution is 2.15. The molecule has 2 aromatic rings. The fourth-order valence-electron chi connectivity index (χ4n) is 1.47. The second kappa shape index (κ2) is 5.98. The van der Waals surface area contributed by atoms with E-state index in [0.717, 1.165) is 6.08 Å². The van der Waals surface area contributed by atoms with Crippen LogP contribution >= 0.6 is 11.3 Å². The van der Waals surface area contributed by atoms with Crippen molar-refractivity contribution in [1.82, 2.24) is 4.98 Å². The SMILES string of the molecule is Nc1nc(C(=O)Nc2cccc(/C=C/C(=O)O)c2)cs1. The molecule has 1 aromatic carbocycles. The number of carboxylic acids is 1. The van der Waals surface area contributed by atoms with Crippen molar-refractivity contribution in [2.75, 3.05) is 11.1 Å². The number of hydrogen-bond donors (Lipinski definition) is 3. The van der Waals surface area contributed by atoms with Gasteiger partial charge in [-0.3, -0.25) is 4.79 Å². The van der Waals surface area contributed by atoms with Gasteiger partial charge in [-0.15, -0.1) is 11.3 Å². The van der Waals surface area contributed by atoms with Crippen LogP contribution in [0.25, 0.3) is 6.08 Å². The number of carboxylic acid groups (broad SMARTS) is 1. The number of nitrogens with zero attached hydrogens (tertiary/aromatic N) is 1. The number of benzene rings is 1. The van der Waals surface area contributed by atoms with E-state index in [1.54, 1.807) is 29.6 Å². The molecule has 0 spiro atoms. The van der Waals surface area contributed by atoms with Crippen LogP contribution in [0.2, 0.25) is 0 Å². The Balaban J connectivity index is 2.11. The summed E-state index contributed by atoms with van der Waals surface area (Å²) in [4.78, 5) is 26.2. The monoisotopic (exact) mass is 289 g/mol. The summed E-state index contributed by atoms with van der Waals surface area (Å²) >= 11 is 1.19. The summed E-state index contributed by atoms with van der Waals surface area (Å²) in [6.07, 6.45) is 2.47. The number of nitrogens with one attached hydrogen (secondary N) is 1. The van der Waals surface area contributed by atoms with Crippen LogP contribution in [0.3, 0.4) is 0 Å². The fraction of sp³-hybridized carbons (Fsp3) is 0. The maximum atomic E-state index is 11.9. The summed E-state index contributed by atoms with van der Waals surface area (Å²) in [5.41, 5.74) is 6.93. The van der Waals surface area contributed by atoms with E-state index in [1.807, 2.05) is 0 Å². The van der Waals surface area contributed by atoms with Gasteiger partial charge < -0.3 is 16.2 Å². The quantitative estimate of drug-likeness (QED) is 0.747. The molecule has 0 unspecified atom stereocenters. The van der Waals surface area contributed by atoms with Crippen LogP contribution in [-0.4, -0.2) is 22.0 Å². The molecule has 2 rings (SSSR count). The number of amides is 1. The molecular formula is C13H11N3O3S. The third-order valence-corrected chi connectivity index (χ3v) is 2.99. The molecular weight excluding hydrogens is 278 g/mol. The Labute approximate surface area is 118 Å². The first kappa shape index (κ1) is 13.8. The number of hydrogen-bond acceptors (Lipinski definition) is 5. The predicted molar refractivity (Wildman–Crippen MR) is 77.6 cm³/mol. The number of nitrogens with two attached hydrogens (primary N) is 1. The van der Waals surface area contributed by atoms with Crippen LogP contribution in [0.4, 0.5) is 10.8 Å². The molecule has 6 nitrogen and oxygen atoms in total. The molecule has 1 heterocycles. The van der Waals surface area contributed by atoms with Gasteiger partial charge in [0, 0.05) is 17.1 Å². The Kier molecular flexibility index (Phi) is 4.11. The lowest BCUT2D eigenvalue weighted by atomic mass is 10.2. The van der Waals surface area contributed by atoms with Crippen molar-refractivity contribution in [3.8, 4) is 0 Å². The average Bonchev–Trinajstić information content (AvgIpc) is 2.84. The number of carbonyl (C=O) groups excluding carboxylic acids is 1. The average molecular weight is 289 g/mol. The van der Waals surface area contributed by atoms with Gasteiger partial charge in [-0.25, -0.2) is 9.78 Å². The maximum absolute atomic E-state index is 11.9. The Morgan fingerprint density at radius 2 is 2.20 bits per heavy atom. The van der Waals surface area contributed by atoms with E-state index < -0.39 is 5.97 Å². The highest BCUT2D eigenvalue weighted by Gasteiger charge is 2.09. The minimum absolute atomic E-state index is 0.249. The lowest BCUT2D eigenvalue weighted by Crippen LogP contribution is -2.12. The van der Waals surface area contributed by atoms with Crippen LogP contribution in [0.5, 0.6) is 0 Å².